The summed E-state index contributed by atoms with van der Waals surface area (Å²) in [6, 6.07) is 6.83. The Morgan fingerprint density at radius 1 is 1.30 bits per heavy atom. The van der Waals surface area contributed by atoms with Gasteiger partial charge < -0.3 is 20.3 Å². The van der Waals surface area contributed by atoms with Gasteiger partial charge in [0.15, 0.2) is 0 Å². The number of nitrogens with two attached hydrogens (primary N) is 1. The van der Waals surface area contributed by atoms with E-state index in [9.17, 15) is 4.57 Å². The highest BCUT2D eigenvalue weighted by molar-refractivity contribution is 7.46. The highest BCUT2D eigenvalue weighted by atomic mass is 31.2. The number of methoxy groups -OCH3 is 1. The van der Waals surface area contributed by atoms with Crippen molar-refractivity contribution < 1.29 is 23.6 Å². The molecule has 0 bridgehead atoms. The topological polar surface area (TPSA) is 102 Å². The van der Waals surface area contributed by atoms with Crippen molar-refractivity contribution >= 4 is 7.82 Å². The van der Waals surface area contributed by atoms with Gasteiger partial charge >= 0.3 is 7.82 Å². The van der Waals surface area contributed by atoms with Gasteiger partial charge in [0.05, 0.1) is 6.61 Å². The van der Waals surface area contributed by atoms with Crippen LogP contribution in [0.25, 0.3) is 0 Å². The lowest BCUT2D eigenvalue weighted by atomic mass is 9.80. The van der Waals surface area contributed by atoms with Gasteiger partial charge in [-0.3, -0.25) is 4.52 Å². The Bertz CT molecular complexity index is 691. The standard InChI is InChI=1S/C20H32NO5P/c1-25-10-2-3-15-4-5-17-12-18(7-6-16(17)11-15)19-8-9-20(21,13-19)14-26-27(22,23)24/h6-7,12,15,19H,2-5,8-11,13-14,21H2,1H3,(H2,22,23,24)/t15?,19-,20+/m0/s1. The Kier molecular flexibility index (Phi) is 6.78. The molecule has 4 N–H and O–H groups in total. The van der Waals surface area contributed by atoms with Gasteiger partial charge in [-0.25, -0.2) is 4.57 Å². The summed E-state index contributed by atoms with van der Waals surface area (Å²) in [5, 5.41) is 0. The molecule has 1 aromatic rings. The van der Waals surface area contributed by atoms with Crippen LogP contribution < -0.4 is 5.73 Å². The molecule has 3 atom stereocenters. The number of hydrogen-bond acceptors (Lipinski definition) is 4. The first-order valence-corrected chi connectivity index (χ1v) is 11.4. The molecule has 27 heavy (non-hydrogen) atoms. The molecule has 0 spiro atoms. The van der Waals surface area contributed by atoms with Crippen LogP contribution in [0.4, 0.5) is 0 Å². The lowest BCUT2D eigenvalue weighted by molar-refractivity contribution is 0.153. The van der Waals surface area contributed by atoms with E-state index in [1.165, 1.54) is 29.5 Å². The number of phosphoric ester groups is 1. The molecule has 0 aromatic heterocycles. The summed E-state index contributed by atoms with van der Waals surface area (Å²) in [5.74, 6) is 1.09. The number of rotatable bonds is 8. The lowest BCUT2D eigenvalue weighted by Gasteiger charge is -2.26. The molecule has 2 aliphatic carbocycles. The molecular formula is C20H32NO5P. The molecule has 1 unspecified atom stereocenters. The third-order valence-corrected chi connectivity index (χ3v) is 6.62. The van der Waals surface area contributed by atoms with E-state index in [2.05, 4.69) is 22.7 Å². The van der Waals surface area contributed by atoms with Crippen molar-refractivity contribution in [1.29, 1.82) is 0 Å². The van der Waals surface area contributed by atoms with Gasteiger partial charge in [0.2, 0.25) is 0 Å². The predicted molar refractivity (Wildman–Crippen MR) is 105 cm³/mol. The quantitative estimate of drug-likeness (QED) is 0.460. The van der Waals surface area contributed by atoms with Gasteiger partial charge in [-0.15, -0.1) is 0 Å². The van der Waals surface area contributed by atoms with E-state index < -0.39 is 13.4 Å². The van der Waals surface area contributed by atoms with E-state index in [0.29, 0.717) is 12.3 Å². The molecule has 0 amide bonds. The molecule has 1 saturated carbocycles. The lowest BCUT2D eigenvalue weighted by Crippen LogP contribution is -2.41. The first-order chi connectivity index (χ1) is 12.8. The van der Waals surface area contributed by atoms with Crippen molar-refractivity contribution in [3.05, 3.63) is 34.9 Å². The fourth-order valence-corrected chi connectivity index (χ4v) is 5.08. The average Bonchev–Trinajstić information content (AvgIpc) is 3.02. The summed E-state index contributed by atoms with van der Waals surface area (Å²) in [5.41, 5.74) is 9.89. The fraction of sp³-hybridized carbons (Fsp3) is 0.700. The van der Waals surface area contributed by atoms with E-state index in [1.807, 2.05) is 0 Å². The summed E-state index contributed by atoms with van der Waals surface area (Å²) in [6.45, 7) is 0.748. The van der Waals surface area contributed by atoms with Crippen LogP contribution in [0.1, 0.15) is 61.1 Å². The third kappa shape index (κ3) is 5.86. The largest absolute Gasteiger partial charge is 0.469 e. The molecule has 1 aromatic carbocycles. The SMILES string of the molecule is COCCCC1CCc2cc([C@H]3CC[C@](N)(COP(=O)(O)O)C3)ccc2C1. The Morgan fingerprint density at radius 2 is 2.11 bits per heavy atom. The molecule has 3 rings (SSSR count). The summed E-state index contributed by atoms with van der Waals surface area (Å²) < 4.78 is 20.8. The average molecular weight is 397 g/mol. The highest BCUT2D eigenvalue weighted by Crippen LogP contribution is 2.44. The van der Waals surface area contributed by atoms with E-state index in [-0.39, 0.29) is 6.61 Å². The number of benzene rings is 1. The van der Waals surface area contributed by atoms with Gasteiger partial charge in [0, 0.05) is 19.3 Å². The van der Waals surface area contributed by atoms with Crippen molar-refractivity contribution in [2.75, 3.05) is 20.3 Å². The Hall–Kier alpha value is -0.750. The number of phosphoric acid groups is 1. The second kappa shape index (κ2) is 8.73. The Morgan fingerprint density at radius 3 is 2.85 bits per heavy atom. The zero-order valence-corrected chi connectivity index (χ0v) is 17.0. The van der Waals surface area contributed by atoms with Crippen molar-refractivity contribution in [2.45, 2.75) is 62.8 Å². The molecule has 0 heterocycles. The van der Waals surface area contributed by atoms with Crippen LogP contribution in [0.5, 0.6) is 0 Å². The summed E-state index contributed by atoms with van der Waals surface area (Å²) >= 11 is 0. The fourth-order valence-electron chi connectivity index (χ4n) is 4.65. The maximum atomic E-state index is 11.0. The number of fused-ring (bicyclic) bond motifs is 1. The summed E-state index contributed by atoms with van der Waals surface area (Å²) in [6.07, 6.45) is 8.23. The van der Waals surface area contributed by atoms with Crippen LogP contribution >= 0.6 is 7.82 Å². The van der Waals surface area contributed by atoms with Crippen molar-refractivity contribution in [2.24, 2.45) is 11.7 Å². The monoisotopic (exact) mass is 397 g/mol. The smallest absolute Gasteiger partial charge is 0.385 e. The molecule has 0 aliphatic heterocycles. The van der Waals surface area contributed by atoms with Crippen molar-refractivity contribution in [1.82, 2.24) is 0 Å². The summed E-state index contributed by atoms with van der Waals surface area (Å²) in [7, 11) is -2.71. The Balaban J connectivity index is 1.59. The number of aryl methyl sites for hydroxylation is 1. The highest BCUT2D eigenvalue weighted by Gasteiger charge is 2.38. The van der Waals surface area contributed by atoms with Gasteiger partial charge in [-0.2, -0.15) is 0 Å². The van der Waals surface area contributed by atoms with Crippen LogP contribution in [-0.2, 0) is 26.7 Å². The minimum Gasteiger partial charge on any atom is -0.385 e. The molecule has 152 valence electrons. The van der Waals surface area contributed by atoms with Crippen LogP contribution in [0.3, 0.4) is 0 Å². The maximum Gasteiger partial charge on any atom is 0.469 e. The molecular weight excluding hydrogens is 365 g/mol. The molecule has 0 saturated heterocycles. The van der Waals surface area contributed by atoms with Crippen LogP contribution in [0, 0.1) is 5.92 Å². The van der Waals surface area contributed by atoms with E-state index in [4.69, 9.17) is 20.3 Å². The zero-order chi connectivity index (χ0) is 19.5. The minimum absolute atomic E-state index is 0.0954. The van der Waals surface area contributed by atoms with E-state index in [0.717, 1.165) is 44.6 Å². The van der Waals surface area contributed by atoms with Gasteiger partial charge in [-0.05, 0) is 79.9 Å². The first-order valence-electron chi connectivity index (χ1n) is 9.88. The van der Waals surface area contributed by atoms with E-state index in [1.54, 1.807) is 7.11 Å². The second-order valence-electron chi connectivity index (χ2n) is 8.34. The normalized spacial score (nSPS) is 28.3. The van der Waals surface area contributed by atoms with Gasteiger partial charge in [0.1, 0.15) is 0 Å². The predicted octanol–water partition coefficient (Wildman–Crippen LogP) is 3.29. The maximum absolute atomic E-state index is 11.0. The third-order valence-electron chi connectivity index (χ3n) is 6.16. The summed E-state index contributed by atoms with van der Waals surface area (Å²) in [4.78, 5) is 17.8. The molecule has 6 nitrogen and oxygen atoms in total. The van der Waals surface area contributed by atoms with E-state index >= 15 is 0 Å². The van der Waals surface area contributed by atoms with Crippen LogP contribution in [0.15, 0.2) is 18.2 Å². The molecule has 1 fully saturated rings. The first kappa shape index (κ1) is 21.0. The van der Waals surface area contributed by atoms with Crippen LogP contribution in [-0.4, -0.2) is 35.6 Å². The number of ether oxygens (including phenoxy) is 1. The molecule has 0 radical (unpaired) electrons. The van der Waals surface area contributed by atoms with Gasteiger partial charge in [0.25, 0.3) is 0 Å². The second-order valence-corrected chi connectivity index (χ2v) is 9.58. The van der Waals surface area contributed by atoms with Crippen LogP contribution in [0.2, 0.25) is 0 Å². The number of hydrogen-bond donors (Lipinski definition) is 3. The molecule has 2 aliphatic rings. The zero-order valence-electron chi connectivity index (χ0n) is 16.1. The van der Waals surface area contributed by atoms with Crippen molar-refractivity contribution in [3.8, 4) is 0 Å². The van der Waals surface area contributed by atoms with Gasteiger partial charge in [-0.1, -0.05) is 18.2 Å². The Labute approximate surface area is 161 Å². The van der Waals surface area contributed by atoms with Crippen molar-refractivity contribution in [3.63, 3.8) is 0 Å². The minimum atomic E-state index is -4.47. The molecule has 7 heteroatoms.